The van der Waals surface area contributed by atoms with Gasteiger partial charge in [0.25, 0.3) is 11.6 Å². The molecule has 1 atom stereocenters. The number of halogens is 2. The Balaban J connectivity index is 1.80. The number of rotatable bonds is 7. The summed E-state index contributed by atoms with van der Waals surface area (Å²) in [6.45, 7) is -0.819. The quantitative estimate of drug-likeness (QED) is 0.347. The molecule has 1 aromatic rings. The first-order chi connectivity index (χ1) is 11.6. The van der Waals surface area contributed by atoms with E-state index in [1.165, 1.54) is 0 Å². The van der Waals surface area contributed by atoms with E-state index < -0.39 is 45.8 Å². The van der Waals surface area contributed by atoms with Crippen molar-refractivity contribution in [2.75, 3.05) is 19.6 Å². The highest BCUT2D eigenvalue weighted by Crippen LogP contribution is 2.24. The lowest BCUT2D eigenvalue weighted by molar-refractivity contribution is -0.384. The number of carbonyl (C=O) groups is 1. The predicted octanol–water partition coefficient (Wildman–Crippen LogP) is -0.0135. The van der Waals surface area contributed by atoms with Crippen molar-refractivity contribution < 1.29 is 26.9 Å². The zero-order chi connectivity index (χ0) is 18.7. The summed E-state index contributed by atoms with van der Waals surface area (Å²) in [6, 6.07) is 3.28. The molecule has 1 fully saturated rings. The van der Waals surface area contributed by atoms with Gasteiger partial charge < -0.3 is 5.32 Å². The first-order valence-corrected chi connectivity index (χ1v) is 8.72. The highest BCUT2D eigenvalue weighted by molar-refractivity contribution is 7.89. The van der Waals surface area contributed by atoms with Gasteiger partial charge in [-0.15, -0.1) is 0 Å². The van der Waals surface area contributed by atoms with Crippen LogP contribution in [-0.2, 0) is 14.8 Å². The van der Waals surface area contributed by atoms with Crippen LogP contribution in [0.25, 0.3) is 0 Å². The number of nitro benzene ring substituents is 1. The third-order valence-corrected chi connectivity index (χ3v) is 4.98. The molecular formula is C13H16F2N4O5S. The lowest BCUT2D eigenvalue weighted by Crippen LogP contribution is -2.43. The molecule has 0 bridgehead atoms. The molecule has 138 valence electrons. The molecule has 9 nitrogen and oxygen atoms in total. The minimum atomic E-state index is -3.90. The van der Waals surface area contributed by atoms with Crippen molar-refractivity contribution in [3.8, 4) is 0 Å². The van der Waals surface area contributed by atoms with Crippen LogP contribution in [0.3, 0.4) is 0 Å². The molecule has 2 rings (SSSR count). The Morgan fingerprint density at radius 3 is 2.48 bits per heavy atom. The Kier molecular flexibility index (Phi) is 5.65. The normalized spacial score (nSPS) is 19.5. The third kappa shape index (κ3) is 5.14. The van der Waals surface area contributed by atoms with E-state index in [1.54, 1.807) is 0 Å². The van der Waals surface area contributed by atoms with Gasteiger partial charge in [-0.3, -0.25) is 20.2 Å². The summed E-state index contributed by atoms with van der Waals surface area (Å²) < 4.78 is 52.2. The maximum atomic E-state index is 13.0. The molecule has 1 heterocycles. The SMILES string of the molecule is O=C(NCCNS(=O)(=O)c1ccc([N+](=O)[O-])cc1)C1CC(F)(F)CN1. The van der Waals surface area contributed by atoms with E-state index in [1.807, 2.05) is 0 Å². The Morgan fingerprint density at radius 2 is 1.96 bits per heavy atom. The van der Waals surface area contributed by atoms with Crippen LogP contribution in [0, 0.1) is 10.1 Å². The number of carbonyl (C=O) groups excluding carboxylic acids is 1. The van der Waals surface area contributed by atoms with Crippen molar-refractivity contribution in [1.29, 1.82) is 0 Å². The number of sulfonamides is 1. The largest absolute Gasteiger partial charge is 0.353 e. The Hall–Kier alpha value is -2.18. The predicted molar refractivity (Wildman–Crippen MR) is 82.6 cm³/mol. The highest BCUT2D eigenvalue weighted by atomic mass is 32.2. The van der Waals surface area contributed by atoms with Gasteiger partial charge in [0.05, 0.1) is 22.4 Å². The fourth-order valence-electron chi connectivity index (χ4n) is 2.23. The molecule has 0 radical (unpaired) electrons. The van der Waals surface area contributed by atoms with Crippen LogP contribution < -0.4 is 15.4 Å². The van der Waals surface area contributed by atoms with E-state index in [2.05, 4.69) is 15.4 Å². The van der Waals surface area contributed by atoms with Gasteiger partial charge in [-0.25, -0.2) is 21.9 Å². The summed E-state index contributed by atoms with van der Waals surface area (Å²) in [5.74, 6) is -3.56. The molecule has 1 aliphatic heterocycles. The van der Waals surface area contributed by atoms with Gasteiger partial charge in [0.1, 0.15) is 0 Å². The van der Waals surface area contributed by atoms with Crippen LogP contribution in [0.1, 0.15) is 6.42 Å². The van der Waals surface area contributed by atoms with Gasteiger partial charge in [0.15, 0.2) is 0 Å². The number of hydrogen-bond donors (Lipinski definition) is 3. The van der Waals surface area contributed by atoms with Crippen LogP contribution >= 0.6 is 0 Å². The fourth-order valence-corrected chi connectivity index (χ4v) is 3.26. The molecule has 1 saturated heterocycles. The molecule has 12 heteroatoms. The molecule has 1 amide bonds. The molecule has 1 aliphatic rings. The Morgan fingerprint density at radius 1 is 1.32 bits per heavy atom. The van der Waals surface area contributed by atoms with Crippen molar-refractivity contribution in [3.05, 3.63) is 34.4 Å². The average Bonchev–Trinajstić information content (AvgIpc) is 2.91. The Labute approximate surface area is 142 Å². The van der Waals surface area contributed by atoms with Gasteiger partial charge in [-0.2, -0.15) is 0 Å². The molecule has 0 aliphatic carbocycles. The molecule has 3 N–H and O–H groups in total. The van der Waals surface area contributed by atoms with Crippen molar-refractivity contribution in [2.24, 2.45) is 0 Å². The average molecular weight is 378 g/mol. The van der Waals surface area contributed by atoms with Gasteiger partial charge in [0.2, 0.25) is 15.9 Å². The minimum absolute atomic E-state index is 0.0885. The van der Waals surface area contributed by atoms with Crippen LogP contribution in [-0.4, -0.2) is 50.8 Å². The molecule has 0 saturated carbocycles. The summed E-state index contributed by atoms with van der Waals surface area (Å²) >= 11 is 0. The van der Waals surface area contributed by atoms with Crippen LogP contribution in [0.5, 0.6) is 0 Å². The standard InChI is InChI=1S/C13H16F2N4O5S/c14-13(15)7-11(17-8-13)12(20)16-5-6-18-25(23,24)10-3-1-9(2-4-10)19(21)22/h1-4,11,17-18H,5-8H2,(H,16,20). The fraction of sp³-hybridized carbons (Fsp3) is 0.462. The number of hydrogen-bond acceptors (Lipinski definition) is 6. The molecule has 1 aromatic carbocycles. The number of benzene rings is 1. The molecule has 0 spiro atoms. The van der Waals surface area contributed by atoms with E-state index in [0.29, 0.717) is 0 Å². The van der Waals surface area contributed by atoms with Crippen molar-refractivity contribution >= 4 is 21.6 Å². The zero-order valence-corrected chi connectivity index (χ0v) is 13.7. The topological polar surface area (TPSA) is 130 Å². The van der Waals surface area contributed by atoms with Gasteiger partial charge in [0, 0.05) is 31.6 Å². The molecule has 0 aromatic heterocycles. The first-order valence-electron chi connectivity index (χ1n) is 7.24. The van der Waals surface area contributed by atoms with Gasteiger partial charge >= 0.3 is 0 Å². The molecular weight excluding hydrogens is 362 g/mol. The summed E-state index contributed by atoms with van der Waals surface area (Å²) in [6.07, 6.45) is -0.604. The monoisotopic (exact) mass is 378 g/mol. The van der Waals surface area contributed by atoms with Crippen LogP contribution in [0.4, 0.5) is 14.5 Å². The summed E-state index contributed by atoms with van der Waals surface area (Å²) in [4.78, 5) is 21.4. The van der Waals surface area contributed by atoms with Gasteiger partial charge in [-0.05, 0) is 12.1 Å². The van der Waals surface area contributed by atoms with Crippen molar-refractivity contribution in [3.63, 3.8) is 0 Å². The number of nitrogens with one attached hydrogen (secondary N) is 3. The second-order valence-corrected chi connectivity index (χ2v) is 7.20. The second kappa shape index (κ2) is 7.37. The lowest BCUT2D eigenvalue weighted by atomic mass is 10.2. The Bertz CT molecular complexity index is 754. The molecule has 1 unspecified atom stereocenters. The second-order valence-electron chi connectivity index (χ2n) is 5.43. The number of nitrogens with zero attached hydrogens (tertiary/aromatic N) is 1. The maximum Gasteiger partial charge on any atom is 0.269 e. The summed E-state index contributed by atoms with van der Waals surface area (Å²) in [7, 11) is -3.90. The van der Waals surface area contributed by atoms with E-state index >= 15 is 0 Å². The van der Waals surface area contributed by atoms with Crippen LogP contribution in [0.2, 0.25) is 0 Å². The highest BCUT2D eigenvalue weighted by Gasteiger charge is 2.42. The number of amides is 1. The number of nitro groups is 1. The van der Waals surface area contributed by atoms with Crippen molar-refractivity contribution in [1.82, 2.24) is 15.4 Å². The van der Waals surface area contributed by atoms with Crippen molar-refractivity contribution in [2.45, 2.75) is 23.3 Å². The maximum absolute atomic E-state index is 13.0. The smallest absolute Gasteiger partial charge is 0.269 e. The summed E-state index contributed by atoms with van der Waals surface area (Å²) in [5.41, 5.74) is -0.243. The van der Waals surface area contributed by atoms with E-state index in [0.717, 1.165) is 24.3 Å². The van der Waals surface area contributed by atoms with E-state index in [9.17, 15) is 32.1 Å². The minimum Gasteiger partial charge on any atom is -0.353 e. The third-order valence-electron chi connectivity index (χ3n) is 3.50. The first kappa shape index (κ1) is 19.1. The van der Waals surface area contributed by atoms with E-state index in [-0.39, 0.29) is 23.7 Å². The molecule has 25 heavy (non-hydrogen) atoms. The van der Waals surface area contributed by atoms with E-state index in [4.69, 9.17) is 0 Å². The number of alkyl halides is 2. The zero-order valence-electron chi connectivity index (χ0n) is 12.9. The lowest BCUT2D eigenvalue weighted by Gasteiger charge is -2.12. The number of non-ortho nitro benzene ring substituents is 1. The summed E-state index contributed by atoms with van der Waals surface area (Å²) in [5, 5.41) is 15.3. The van der Waals surface area contributed by atoms with Gasteiger partial charge in [-0.1, -0.05) is 0 Å². The van der Waals surface area contributed by atoms with Crippen LogP contribution in [0.15, 0.2) is 29.2 Å².